The predicted molar refractivity (Wildman–Crippen MR) is 155 cm³/mol. The SMILES string of the molecule is C[C@H]1CC[C@@]2(OC1)OC1C[C@H]3[C@@H]4CC=C5C[C@@H](O)C[C@@H](O[C@@H]6OC[C@H](S(=O)(=O)O)[C@H](O)[C@H]6O)[C@]5(C)[C@H]4CC[C@]3(C)[C@H]1[C@@H]2C. The Hall–Kier alpha value is -0.630. The Bertz CT molecular complexity index is 1230. The van der Waals surface area contributed by atoms with Crippen LogP contribution in [-0.2, 0) is 29.1 Å². The largest absolute Gasteiger partial charge is 0.393 e. The number of aliphatic hydroxyl groups excluding tert-OH is 3. The average Bonchev–Trinajstić information content (AvgIpc) is 3.38. The minimum Gasteiger partial charge on any atom is -0.393 e. The highest BCUT2D eigenvalue weighted by Gasteiger charge is 2.69. The lowest BCUT2D eigenvalue weighted by molar-refractivity contribution is -0.282. The molecule has 4 N–H and O–H groups in total. The van der Waals surface area contributed by atoms with Crippen LogP contribution in [0.15, 0.2) is 11.6 Å². The van der Waals surface area contributed by atoms with Crippen molar-refractivity contribution in [3.63, 3.8) is 0 Å². The first-order valence-corrected chi connectivity index (χ1v) is 18.0. The van der Waals surface area contributed by atoms with Crippen molar-refractivity contribution in [2.45, 2.75) is 127 Å². The number of hydrogen-bond donors (Lipinski definition) is 4. The van der Waals surface area contributed by atoms with E-state index >= 15 is 0 Å². The van der Waals surface area contributed by atoms with Gasteiger partial charge in [-0.1, -0.05) is 39.3 Å². The van der Waals surface area contributed by atoms with Crippen LogP contribution in [0.4, 0.5) is 0 Å². The number of aliphatic hydroxyl groups is 3. The molecule has 0 bridgehead atoms. The summed E-state index contributed by atoms with van der Waals surface area (Å²) in [4.78, 5) is 0. The van der Waals surface area contributed by atoms with E-state index in [1.165, 1.54) is 5.57 Å². The van der Waals surface area contributed by atoms with Crippen molar-refractivity contribution in [2.75, 3.05) is 13.2 Å². The van der Waals surface area contributed by atoms with Gasteiger partial charge in [-0.2, -0.15) is 8.42 Å². The van der Waals surface area contributed by atoms with Crippen molar-refractivity contribution < 1.29 is 47.2 Å². The number of allylic oxidation sites excluding steroid dienone is 1. The van der Waals surface area contributed by atoms with Crippen LogP contribution >= 0.6 is 0 Å². The second kappa shape index (κ2) is 10.4. The highest BCUT2D eigenvalue weighted by Crippen LogP contribution is 2.71. The number of rotatable bonds is 3. The first kappa shape index (κ1) is 31.0. The second-order valence-corrected chi connectivity index (χ2v) is 17.2. The monoisotopic (exact) mass is 626 g/mol. The van der Waals surface area contributed by atoms with Crippen molar-refractivity contribution in [1.82, 2.24) is 0 Å². The second-order valence-electron chi connectivity index (χ2n) is 15.6. The molecule has 4 aliphatic carbocycles. The van der Waals surface area contributed by atoms with Crippen LogP contribution in [0.25, 0.3) is 0 Å². The third kappa shape index (κ3) is 4.58. The lowest BCUT2D eigenvalue weighted by atomic mass is 9.46. The van der Waals surface area contributed by atoms with Gasteiger partial charge in [0.05, 0.1) is 31.5 Å². The fraction of sp³-hybridized carbons (Fsp3) is 0.938. The van der Waals surface area contributed by atoms with Crippen LogP contribution in [0.3, 0.4) is 0 Å². The molecule has 0 aromatic heterocycles. The molecule has 1 unspecified atom stereocenters. The topological polar surface area (TPSA) is 152 Å². The highest BCUT2D eigenvalue weighted by molar-refractivity contribution is 7.86. The minimum absolute atomic E-state index is 0.144. The number of ether oxygens (including phenoxy) is 4. The van der Waals surface area contributed by atoms with Crippen LogP contribution in [-0.4, -0.2) is 89.4 Å². The van der Waals surface area contributed by atoms with E-state index in [1.807, 2.05) is 0 Å². The average molecular weight is 627 g/mol. The van der Waals surface area contributed by atoms with Gasteiger partial charge < -0.3 is 34.3 Å². The highest BCUT2D eigenvalue weighted by atomic mass is 32.2. The molecule has 0 amide bonds. The Kier molecular flexibility index (Phi) is 7.52. The molecular weight excluding hydrogens is 576 g/mol. The van der Waals surface area contributed by atoms with E-state index in [9.17, 15) is 28.3 Å². The molecular formula is C32H50O10S. The molecule has 0 aromatic carbocycles. The molecule has 3 saturated carbocycles. The fourth-order valence-electron chi connectivity index (χ4n) is 11.2. The Morgan fingerprint density at radius 3 is 2.47 bits per heavy atom. The molecule has 0 aromatic rings. The van der Waals surface area contributed by atoms with E-state index in [4.69, 9.17) is 18.9 Å². The third-order valence-corrected chi connectivity index (χ3v) is 14.7. The summed E-state index contributed by atoms with van der Waals surface area (Å²) in [6, 6.07) is 0. The normalized spacial score (nSPS) is 56.6. The maximum atomic E-state index is 11.7. The molecule has 6 fully saturated rings. The molecule has 3 heterocycles. The lowest BCUT2D eigenvalue weighted by Crippen LogP contribution is -2.60. The zero-order chi connectivity index (χ0) is 30.7. The van der Waals surface area contributed by atoms with E-state index in [2.05, 4.69) is 33.8 Å². The molecule has 43 heavy (non-hydrogen) atoms. The summed E-state index contributed by atoms with van der Waals surface area (Å²) in [5, 5.41) is 30.5. The van der Waals surface area contributed by atoms with Crippen molar-refractivity contribution in [3.8, 4) is 0 Å². The van der Waals surface area contributed by atoms with Gasteiger partial charge in [0.1, 0.15) is 17.5 Å². The standard InChI is InChI=1S/C32H50O10S/c1-16-7-10-32(40-14-16)17(2)26-23(42-32)13-22-20-6-5-18-11-19(33)12-25(31(18,4)21(20)8-9-30(22,26)3)41-29-28(35)27(34)24(15-39-29)43(36,37)38/h5,16-17,19-29,33-35H,6-15H2,1-4H3,(H,36,37,38)/t16-,17-,19+,20+,21-,22-,23?,24-,25+,26-,27-,28+,29-,30-,31-,32+/m0/s1. The summed E-state index contributed by atoms with van der Waals surface area (Å²) in [5.41, 5.74) is 0.908. The zero-order valence-electron chi connectivity index (χ0n) is 25.8. The molecule has 7 rings (SSSR count). The Morgan fingerprint density at radius 1 is 1.00 bits per heavy atom. The summed E-state index contributed by atoms with van der Waals surface area (Å²) >= 11 is 0. The van der Waals surface area contributed by atoms with Gasteiger partial charge in [0.2, 0.25) is 0 Å². The van der Waals surface area contributed by atoms with E-state index in [1.54, 1.807) is 0 Å². The van der Waals surface area contributed by atoms with Crippen LogP contribution < -0.4 is 0 Å². The lowest BCUT2D eigenvalue weighted by Gasteiger charge is -2.60. The van der Waals surface area contributed by atoms with Gasteiger partial charge in [0, 0.05) is 24.2 Å². The molecule has 0 radical (unpaired) electrons. The first-order chi connectivity index (χ1) is 20.2. The Morgan fingerprint density at radius 2 is 1.77 bits per heavy atom. The molecule has 244 valence electrons. The van der Waals surface area contributed by atoms with E-state index in [0.29, 0.717) is 48.3 Å². The van der Waals surface area contributed by atoms with Gasteiger partial charge in [-0.15, -0.1) is 0 Å². The Balaban J connectivity index is 1.13. The fourth-order valence-corrected chi connectivity index (χ4v) is 12.0. The number of hydrogen-bond acceptors (Lipinski definition) is 9. The summed E-state index contributed by atoms with van der Waals surface area (Å²) in [7, 11) is -4.61. The quantitative estimate of drug-likeness (QED) is 0.272. The van der Waals surface area contributed by atoms with Crippen molar-refractivity contribution in [1.29, 1.82) is 0 Å². The van der Waals surface area contributed by atoms with Crippen molar-refractivity contribution in [2.24, 2.45) is 46.3 Å². The van der Waals surface area contributed by atoms with E-state index < -0.39 is 63.9 Å². The van der Waals surface area contributed by atoms with Gasteiger partial charge in [-0.25, -0.2) is 0 Å². The molecule has 11 heteroatoms. The number of fused-ring (bicyclic) bond motifs is 7. The van der Waals surface area contributed by atoms with Crippen LogP contribution in [0.2, 0.25) is 0 Å². The van der Waals surface area contributed by atoms with Gasteiger partial charge in [-0.05, 0) is 73.5 Å². The van der Waals surface area contributed by atoms with Crippen molar-refractivity contribution >= 4 is 10.1 Å². The van der Waals surface area contributed by atoms with E-state index in [0.717, 1.165) is 45.1 Å². The maximum absolute atomic E-state index is 11.7. The third-order valence-electron chi connectivity index (χ3n) is 13.5. The first-order valence-electron chi connectivity index (χ1n) is 16.5. The van der Waals surface area contributed by atoms with Gasteiger partial charge >= 0.3 is 0 Å². The smallest absolute Gasteiger partial charge is 0.272 e. The molecule has 10 nitrogen and oxygen atoms in total. The maximum Gasteiger partial charge on any atom is 0.272 e. The van der Waals surface area contributed by atoms with Crippen LogP contribution in [0, 0.1) is 46.3 Å². The summed E-state index contributed by atoms with van der Waals surface area (Å²) in [5.74, 6) is 2.12. The Labute approximate surface area is 255 Å². The summed E-state index contributed by atoms with van der Waals surface area (Å²) in [6.07, 6.45) is 3.84. The molecule has 16 atom stereocenters. The van der Waals surface area contributed by atoms with Crippen LogP contribution in [0.5, 0.6) is 0 Å². The molecule has 3 saturated heterocycles. The predicted octanol–water partition coefficient (Wildman–Crippen LogP) is 3.04. The van der Waals surface area contributed by atoms with E-state index in [-0.39, 0.29) is 11.5 Å². The van der Waals surface area contributed by atoms with Gasteiger partial charge in [0.15, 0.2) is 12.1 Å². The van der Waals surface area contributed by atoms with Crippen LogP contribution in [0.1, 0.15) is 79.1 Å². The molecule has 1 spiro atoms. The zero-order valence-corrected chi connectivity index (χ0v) is 26.6. The van der Waals surface area contributed by atoms with Gasteiger partial charge in [0.25, 0.3) is 10.1 Å². The summed E-state index contributed by atoms with van der Waals surface area (Å²) in [6.45, 7) is 9.58. The van der Waals surface area contributed by atoms with Crippen molar-refractivity contribution in [3.05, 3.63) is 11.6 Å². The van der Waals surface area contributed by atoms with Gasteiger partial charge in [-0.3, -0.25) is 4.55 Å². The molecule has 7 aliphatic rings. The summed E-state index contributed by atoms with van der Waals surface area (Å²) < 4.78 is 58.3. The minimum atomic E-state index is -4.61. The molecule has 3 aliphatic heterocycles.